The molecule has 6 atom stereocenters. The van der Waals surface area contributed by atoms with Crippen molar-refractivity contribution in [1.29, 1.82) is 0 Å². The van der Waals surface area contributed by atoms with E-state index in [9.17, 15) is 9.90 Å². The summed E-state index contributed by atoms with van der Waals surface area (Å²) in [5.74, 6) is 3.07. The second-order valence-electron chi connectivity index (χ2n) is 7.71. The zero-order valence-electron chi connectivity index (χ0n) is 15.1. The number of ketones is 1. The lowest BCUT2D eigenvalue weighted by molar-refractivity contribution is -0.116. The van der Waals surface area contributed by atoms with Crippen molar-refractivity contribution < 1.29 is 9.90 Å². The number of hydrogen-bond acceptors (Lipinski definition) is 2. The number of fused-ring (bicyclic) bond motifs is 3. The third-order valence-corrected chi connectivity index (χ3v) is 7.01. The number of aliphatic hydroxyl groups excluding tert-OH is 1. The normalized spacial score (nSPS) is 42.3. The minimum absolute atomic E-state index is 0.0763. The van der Waals surface area contributed by atoms with Crippen LogP contribution in [0.15, 0.2) is 11.6 Å². The van der Waals surface area contributed by atoms with Gasteiger partial charge in [-0.2, -0.15) is 0 Å². The second-order valence-corrected chi connectivity index (χ2v) is 7.71. The smallest absolute Gasteiger partial charge is 0.155 e. The summed E-state index contributed by atoms with van der Waals surface area (Å²) in [4.78, 5) is 11.6. The van der Waals surface area contributed by atoms with Gasteiger partial charge in [-0.25, -0.2) is 0 Å². The molecule has 0 radical (unpaired) electrons. The molecule has 0 spiro atoms. The quantitative estimate of drug-likeness (QED) is 0.758. The summed E-state index contributed by atoms with van der Waals surface area (Å²) in [5.41, 5.74) is 1.52. The third kappa shape index (κ3) is 2.91. The van der Waals surface area contributed by atoms with Gasteiger partial charge in [0.25, 0.3) is 0 Å². The first-order valence-corrected chi connectivity index (χ1v) is 9.35. The van der Waals surface area contributed by atoms with Crippen molar-refractivity contribution in [2.24, 2.45) is 29.1 Å². The van der Waals surface area contributed by atoms with E-state index in [4.69, 9.17) is 0 Å². The van der Waals surface area contributed by atoms with Crippen LogP contribution in [0.3, 0.4) is 0 Å². The number of rotatable bonds is 1. The Morgan fingerprint density at radius 1 is 1.18 bits per heavy atom. The van der Waals surface area contributed by atoms with Crippen LogP contribution in [-0.4, -0.2) is 17.0 Å². The van der Waals surface area contributed by atoms with E-state index in [1.165, 1.54) is 18.4 Å². The van der Waals surface area contributed by atoms with Crippen LogP contribution in [0.4, 0.5) is 0 Å². The molecule has 3 aliphatic carbocycles. The van der Waals surface area contributed by atoms with Crippen LogP contribution in [-0.2, 0) is 4.79 Å². The van der Waals surface area contributed by atoms with Crippen LogP contribution < -0.4 is 0 Å². The summed E-state index contributed by atoms with van der Waals surface area (Å²) in [6, 6.07) is 0. The first kappa shape index (κ1) is 17.7. The molecule has 3 rings (SSSR count). The summed E-state index contributed by atoms with van der Waals surface area (Å²) in [6.45, 7) is 10.6. The van der Waals surface area contributed by atoms with E-state index < -0.39 is 0 Å². The predicted molar refractivity (Wildman–Crippen MR) is 91.6 cm³/mol. The summed E-state index contributed by atoms with van der Waals surface area (Å²) in [6.07, 6.45) is 8.24. The van der Waals surface area contributed by atoms with E-state index in [0.717, 1.165) is 37.5 Å². The van der Waals surface area contributed by atoms with Crippen LogP contribution in [0.25, 0.3) is 0 Å². The Morgan fingerprint density at radius 3 is 2.50 bits per heavy atom. The number of allylic oxidation sites excluding steroid dienone is 2. The number of hydrogen-bond donors (Lipinski definition) is 1. The Hall–Kier alpha value is -0.630. The molecule has 6 unspecified atom stereocenters. The molecule has 0 heterocycles. The summed E-state index contributed by atoms with van der Waals surface area (Å²) < 4.78 is 0. The van der Waals surface area contributed by atoms with Crippen LogP contribution in [0.1, 0.15) is 73.1 Å². The van der Waals surface area contributed by atoms with Crippen LogP contribution in [0.5, 0.6) is 0 Å². The molecular formula is C20H34O2. The van der Waals surface area contributed by atoms with Crippen molar-refractivity contribution in [1.82, 2.24) is 0 Å². The minimum atomic E-state index is -0.219. The third-order valence-electron chi connectivity index (χ3n) is 7.01. The monoisotopic (exact) mass is 306 g/mol. The highest BCUT2D eigenvalue weighted by Gasteiger charge is 2.50. The molecule has 1 N–H and O–H groups in total. The molecule has 2 nitrogen and oxygen atoms in total. The molecule has 3 aliphatic rings. The molecule has 0 aliphatic heterocycles. The molecule has 2 fully saturated rings. The lowest BCUT2D eigenvalue weighted by Crippen LogP contribution is -2.49. The molecular weight excluding hydrogens is 272 g/mol. The van der Waals surface area contributed by atoms with Gasteiger partial charge in [0.1, 0.15) is 0 Å². The van der Waals surface area contributed by atoms with E-state index >= 15 is 0 Å². The molecule has 0 bridgehead atoms. The number of aliphatic hydroxyl groups is 1. The van der Waals surface area contributed by atoms with Gasteiger partial charge in [0.15, 0.2) is 5.78 Å². The Kier molecular flexibility index (Phi) is 5.53. The van der Waals surface area contributed by atoms with E-state index in [0.29, 0.717) is 17.6 Å². The zero-order valence-corrected chi connectivity index (χ0v) is 15.1. The van der Waals surface area contributed by atoms with Crippen molar-refractivity contribution in [2.45, 2.75) is 79.2 Å². The molecule has 0 aromatic rings. The van der Waals surface area contributed by atoms with Gasteiger partial charge < -0.3 is 5.11 Å². The van der Waals surface area contributed by atoms with Gasteiger partial charge in [0, 0.05) is 6.42 Å². The molecule has 0 amide bonds. The standard InChI is InChI=1S/C18H28O2.C2H6/c1-11-15-6-4-13-10-14(20)5-7-16(13)17(15)8-9-18(11,3)12(2)19;1-2/h10-12,15-17,19H,4-9H2,1-3H3;1-2H3. The molecule has 2 heteroatoms. The highest BCUT2D eigenvalue weighted by atomic mass is 16.3. The van der Waals surface area contributed by atoms with Crippen LogP contribution >= 0.6 is 0 Å². The van der Waals surface area contributed by atoms with E-state index in [2.05, 4.69) is 13.8 Å². The zero-order chi connectivity index (χ0) is 16.5. The van der Waals surface area contributed by atoms with Crippen LogP contribution in [0, 0.1) is 29.1 Å². The van der Waals surface area contributed by atoms with Gasteiger partial charge in [0.2, 0.25) is 0 Å². The largest absolute Gasteiger partial charge is 0.393 e. The Morgan fingerprint density at radius 2 is 1.86 bits per heavy atom. The van der Waals surface area contributed by atoms with Gasteiger partial charge in [-0.15, -0.1) is 0 Å². The summed E-state index contributed by atoms with van der Waals surface area (Å²) >= 11 is 0. The van der Waals surface area contributed by atoms with Crippen molar-refractivity contribution in [2.75, 3.05) is 0 Å². The molecule has 22 heavy (non-hydrogen) atoms. The van der Waals surface area contributed by atoms with Crippen molar-refractivity contribution >= 4 is 5.78 Å². The van der Waals surface area contributed by atoms with E-state index in [1.807, 2.05) is 26.8 Å². The van der Waals surface area contributed by atoms with Gasteiger partial charge >= 0.3 is 0 Å². The molecule has 126 valence electrons. The van der Waals surface area contributed by atoms with Gasteiger partial charge in [-0.1, -0.05) is 33.3 Å². The topological polar surface area (TPSA) is 37.3 Å². The SMILES string of the molecule is CC.CC(O)C1(C)CCC2C3CCC(=O)C=C3CCC2C1C. The Balaban J connectivity index is 0.000000847. The maximum absolute atomic E-state index is 11.6. The molecule has 2 saturated carbocycles. The fourth-order valence-corrected chi connectivity index (χ4v) is 5.28. The van der Waals surface area contributed by atoms with Gasteiger partial charge in [0.05, 0.1) is 6.10 Å². The first-order valence-electron chi connectivity index (χ1n) is 9.35. The summed E-state index contributed by atoms with van der Waals surface area (Å²) in [7, 11) is 0. The van der Waals surface area contributed by atoms with Crippen LogP contribution in [0.2, 0.25) is 0 Å². The molecule has 0 aromatic carbocycles. The maximum atomic E-state index is 11.6. The second kappa shape index (κ2) is 6.86. The van der Waals surface area contributed by atoms with E-state index in [1.54, 1.807) is 0 Å². The fourth-order valence-electron chi connectivity index (χ4n) is 5.28. The maximum Gasteiger partial charge on any atom is 0.155 e. The summed E-state index contributed by atoms with van der Waals surface area (Å²) in [5, 5.41) is 10.2. The average Bonchev–Trinajstić information content (AvgIpc) is 2.52. The van der Waals surface area contributed by atoms with E-state index in [-0.39, 0.29) is 11.5 Å². The average molecular weight is 306 g/mol. The minimum Gasteiger partial charge on any atom is -0.393 e. The first-order chi connectivity index (χ1) is 10.4. The Bertz CT molecular complexity index is 437. The van der Waals surface area contributed by atoms with Gasteiger partial charge in [-0.05, 0) is 74.2 Å². The number of carbonyl (C=O) groups excluding carboxylic acids is 1. The lowest BCUT2D eigenvalue weighted by atomic mass is 9.51. The molecule has 0 saturated heterocycles. The van der Waals surface area contributed by atoms with Crippen molar-refractivity contribution in [3.05, 3.63) is 11.6 Å². The number of carbonyl (C=O) groups is 1. The highest BCUT2D eigenvalue weighted by molar-refractivity contribution is 5.91. The Labute approximate surface area is 136 Å². The predicted octanol–water partition coefficient (Wildman–Crippen LogP) is 4.76. The van der Waals surface area contributed by atoms with Gasteiger partial charge in [-0.3, -0.25) is 4.79 Å². The highest BCUT2D eigenvalue weighted by Crippen LogP contribution is 2.57. The van der Waals surface area contributed by atoms with Crippen molar-refractivity contribution in [3.8, 4) is 0 Å². The van der Waals surface area contributed by atoms with Crippen molar-refractivity contribution in [3.63, 3.8) is 0 Å². The fraction of sp³-hybridized carbons (Fsp3) is 0.850. The molecule has 0 aromatic heterocycles. The lowest BCUT2D eigenvalue weighted by Gasteiger charge is -2.54.